The number of para-hydroxylation sites is 1. The van der Waals surface area contributed by atoms with Gasteiger partial charge in [-0.25, -0.2) is 0 Å². The Balaban J connectivity index is 1.25. The third-order valence-corrected chi connectivity index (χ3v) is 7.91. The largest absolute Gasteiger partial charge is 0.455 e. The van der Waals surface area contributed by atoms with Crippen molar-refractivity contribution in [3.8, 4) is 11.1 Å². The molecule has 1 aliphatic heterocycles. The normalized spacial score (nSPS) is 15.1. The van der Waals surface area contributed by atoms with Crippen LogP contribution in [0.1, 0.15) is 22.7 Å². The monoisotopic (exact) mass is 526 g/mol. The van der Waals surface area contributed by atoms with E-state index in [0.29, 0.717) is 0 Å². The van der Waals surface area contributed by atoms with Crippen LogP contribution in [0.15, 0.2) is 155 Å². The maximum Gasteiger partial charge on any atom is 0.143 e. The lowest BCUT2D eigenvalue weighted by Crippen LogP contribution is -2.27. The second-order valence-corrected chi connectivity index (χ2v) is 10.4. The number of nitrogens with one attached hydrogen (secondary N) is 1. The Morgan fingerprint density at radius 2 is 1.29 bits per heavy atom. The van der Waals surface area contributed by atoms with Crippen molar-refractivity contribution in [2.45, 2.75) is 6.04 Å². The van der Waals surface area contributed by atoms with Crippen LogP contribution < -0.4 is 5.32 Å². The number of hydrogen-bond donors (Lipinski definition) is 1. The highest BCUT2D eigenvalue weighted by Crippen LogP contribution is 2.39. The summed E-state index contributed by atoms with van der Waals surface area (Å²) in [5, 5.41) is 8.37. The summed E-state index contributed by atoms with van der Waals surface area (Å²) in [6.07, 6.45) is 2.22. The van der Waals surface area contributed by atoms with Crippen LogP contribution >= 0.6 is 0 Å². The molecule has 8 rings (SSSR count). The first-order chi connectivity index (χ1) is 20.3. The molecule has 3 heteroatoms. The molecule has 1 atom stereocenters. The lowest BCUT2D eigenvalue weighted by atomic mass is 9.96. The van der Waals surface area contributed by atoms with Crippen molar-refractivity contribution in [1.82, 2.24) is 5.32 Å². The molecule has 1 N–H and O–H groups in total. The highest BCUT2D eigenvalue weighted by atomic mass is 16.3. The predicted octanol–water partition coefficient (Wildman–Crippen LogP) is 9.54. The van der Waals surface area contributed by atoms with E-state index in [9.17, 15) is 0 Å². The zero-order chi connectivity index (χ0) is 27.2. The zero-order valence-corrected chi connectivity index (χ0v) is 22.3. The molecule has 3 nitrogen and oxygen atoms in total. The van der Waals surface area contributed by atoms with Gasteiger partial charge in [-0.3, -0.25) is 4.99 Å². The fourth-order valence-electron chi connectivity index (χ4n) is 5.92. The van der Waals surface area contributed by atoms with Crippen molar-refractivity contribution in [2.75, 3.05) is 0 Å². The van der Waals surface area contributed by atoms with Gasteiger partial charge in [0.1, 0.15) is 17.0 Å². The minimum Gasteiger partial charge on any atom is -0.455 e. The van der Waals surface area contributed by atoms with Gasteiger partial charge in [-0.05, 0) is 45.7 Å². The second-order valence-electron chi connectivity index (χ2n) is 10.4. The fraction of sp³-hybridized carbons (Fsp3) is 0.0263. The first-order valence-corrected chi connectivity index (χ1v) is 13.9. The minimum atomic E-state index is -0.0848. The molecular weight excluding hydrogens is 500 g/mol. The van der Waals surface area contributed by atoms with Gasteiger partial charge < -0.3 is 9.73 Å². The van der Waals surface area contributed by atoms with Crippen LogP contribution in [0.5, 0.6) is 0 Å². The van der Waals surface area contributed by atoms with Crippen molar-refractivity contribution in [3.63, 3.8) is 0 Å². The number of furan rings is 1. The van der Waals surface area contributed by atoms with Crippen LogP contribution in [-0.4, -0.2) is 5.84 Å². The molecule has 41 heavy (non-hydrogen) atoms. The van der Waals surface area contributed by atoms with Crippen molar-refractivity contribution in [1.29, 1.82) is 0 Å². The van der Waals surface area contributed by atoms with Gasteiger partial charge >= 0.3 is 0 Å². The van der Waals surface area contributed by atoms with Crippen molar-refractivity contribution < 1.29 is 4.42 Å². The molecule has 0 spiro atoms. The van der Waals surface area contributed by atoms with E-state index in [2.05, 4.69) is 127 Å². The SMILES string of the molecule is C1=C(c2cccc(-c3cccc4c3oc3ccc5ccccc5c34)c2)NC(c2ccccc2)=NC1c1ccccc1. The molecule has 7 aromatic rings. The summed E-state index contributed by atoms with van der Waals surface area (Å²) >= 11 is 0. The van der Waals surface area contributed by atoms with Crippen LogP contribution in [0.3, 0.4) is 0 Å². The minimum absolute atomic E-state index is 0.0848. The Morgan fingerprint density at radius 3 is 2.17 bits per heavy atom. The van der Waals surface area contributed by atoms with Gasteiger partial charge in [0.15, 0.2) is 0 Å². The molecule has 6 aromatic carbocycles. The zero-order valence-electron chi connectivity index (χ0n) is 22.3. The molecule has 194 valence electrons. The Morgan fingerprint density at radius 1 is 0.585 bits per heavy atom. The number of nitrogens with zero attached hydrogens (tertiary/aromatic N) is 1. The summed E-state index contributed by atoms with van der Waals surface area (Å²) in [5.41, 5.74) is 8.38. The molecule has 0 saturated heterocycles. The van der Waals surface area contributed by atoms with E-state index >= 15 is 0 Å². The van der Waals surface area contributed by atoms with E-state index in [1.165, 1.54) is 16.2 Å². The third kappa shape index (κ3) is 4.11. The van der Waals surface area contributed by atoms with Crippen molar-refractivity contribution >= 4 is 44.2 Å². The number of hydrogen-bond acceptors (Lipinski definition) is 3. The van der Waals surface area contributed by atoms with Gasteiger partial charge in [0, 0.05) is 27.6 Å². The van der Waals surface area contributed by atoms with E-state index in [-0.39, 0.29) is 6.04 Å². The summed E-state index contributed by atoms with van der Waals surface area (Å²) in [4.78, 5) is 5.08. The topological polar surface area (TPSA) is 37.5 Å². The van der Waals surface area contributed by atoms with E-state index in [1.54, 1.807) is 0 Å². The van der Waals surface area contributed by atoms with Gasteiger partial charge in [-0.15, -0.1) is 0 Å². The van der Waals surface area contributed by atoms with E-state index < -0.39 is 0 Å². The van der Waals surface area contributed by atoms with E-state index in [0.717, 1.165) is 55.9 Å². The Labute approximate surface area is 238 Å². The van der Waals surface area contributed by atoms with Gasteiger partial charge in [0.25, 0.3) is 0 Å². The molecular formula is C38H26N2O. The summed E-state index contributed by atoms with van der Waals surface area (Å²) in [6.45, 7) is 0. The third-order valence-electron chi connectivity index (χ3n) is 7.91. The highest BCUT2D eigenvalue weighted by molar-refractivity contribution is 6.20. The van der Waals surface area contributed by atoms with Crippen molar-refractivity contribution in [2.24, 2.45) is 4.99 Å². The molecule has 0 radical (unpaired) electrons. The molecule has 0 fully saturated rings. The van der Waals surface area contributed by atoms with E-state index in [1.807, 2.05) is 24.3 Å². The molecule has 0 amide bonds. The van der Waals surface area contributed by atoms with Gasteiger partial charge in [-0.1, -0.05) is 127 Å². The molecule has 1 unspecified atom stereocenters. The predicted molar refractivity (Wildman–Crippen MR) is 170 cm³/mol. The van der Waals surface area contributed by atoms with Crippen LogP contribution in [0.2, 0.25) is 0 Å². The van der Waals surface area contributed by atoms with Gasteiger partial charge in [0.05, 0.1) is 6.04 Å². The van der Waals surface area contributed by atoms with Gasteiger partial charge in [-0.2, -0.15) is 0 Å². The molecule has 1 aliphatic rings. The standard InChI is InChI=1S/C38H26N2O/c1-3-12-26(13-4-1)33-24-34(40-38(39-33)27-14-5-2-6-15-27)29-17-9-16-28(23-29)31-19-10-20-32-36-30-18-8-7-11-25(30)21-22-35(36)41-37(31)32/h1-24,33H,(H,39,40). The average molecular weight is 527 g/mol. The average Bonchev–Trinajstić information content (AvgIpc) is 3.45. The maximum atomic E-state index is 6.53. The Hall–Kier alpha value is -5.41. The van der Waals surface area contributed by atoms with Crippen LogP contribution in [-0.2, 0) is 0 Å². The van der Waals surface area contributed by atoms with Gasteiger partial charge in [0.2, 0.25) is 0 Å². The second kappa shape index (κ2) is 9.65. The number of aliphatic imine (C=N–C) groups is 1. The lowest BCUT2D eigenvalue weighted by Gasteiger charge is -2.23. The first-order valence-electron chi connectivity index (χ1n) is 13.9. The van der Waals surface area contributed by atoms with Crippen LogP contribution in [0, 0.1) is 0 Å². The first kappa shape index (κ1) is 23.5. The fourth-order valence-corrected chi connectivity index (χ4v) is 5.92. The Kier molecular flexibility index (Phi) is 5.53. The van der Waals surface area contributed by atoms with Crippen LogP contribution in [0.4, 0.5) is 0 Å². The molecule has 2 heterocycles. The Bertz CT molecular complexity index is 2120. The quantitative estimate of drug-likeness (QED) is 0.248. The number of benzene rings is 6. The number of fused-ring (bicyclic) bond motifs is 5. The maximum absolute atomic E-state index is 6.53. The summed E-state index contributed by atoms with van der Waals surface area (Å²) < 4.78 is 6.53. The molecule has 0 saturated carbocycles. The summed E-state index contributed by atoms with van der Waals surface area (Å²) in [6, 6.07) is 48.6. The molecule has 0 bridgehead atoms. The molecule has 0 aliphatic carbocycles. The smallest absolute Gasteiger partial charge is 0.143 e. The number of rotatable bonds is 4. The van der Waals surface area contributed by atoms with Crippen LogP contribution in [0.25, 0.3) is 49.5 Å². The van der Waals surface area contributed by atoms with E-state index in [4.69, 9.17) is 9.41 Å². The molecule has 1 aromatic heterocycles. The summed E-state index contributed by atoms with van der Waals surface area (Å²) in [5.74, 6) is 0.869. The number of amidine groups is 1. The summed E-state index contributed by atoms with van der Waals surface area (Å²) in [7, 11) is 0. The lowest BCUT2D eigenvalue weighted by molar-refractivity contribution is 0.670. The highest BCUT2D eigenvalue weighted by Gasteiger charge is 2.20. The van der Waals surface area contributed by atoms with Crippen molar-refractivity contribution in [3.05, 3.63) is 162 Å².